The second-order valence-corrected chi connectivity index (χ2v) is 6.20. The topological polar surface area (TPSA) is 107 Å². The maximum atomic E-state index is 14.0. The summed E-state index contributed by atoms with van der Waals surface area (Å²) in [6, 6.07) is 2.20. The molecule has 11 heteroatoms. The summed E-state index contributed by atoms with van der Waals surface area (Å²) >= 11 is 0. The molecule has 0 atom stereocenters. The minimum Gasteiger partial charge on any atom is -0.481 e. The first-order valence-electron chi connectivity index (χ1n) is 6.25. The number of aromatic nitrogens is 2. The second-order valence-electron chi connectivity index (χ2n) is 4.45. The van der Waals surface area contributed by atoms with E-state index in [-0.39, 0.29) is 11.9 Å². The first-order chi connectivity index (χ1) is 11.2. The molecule has 8 nitrogen and oxygen atoms in total. The van der Waals surface area contributed by atoms with E-state index in [1.165, 1.54) is 24.1 Å². The number of nitrogens with one attached hydrogen (secondary N) is 1. The predicted octanol–water partition coefficient (Wildman–Crippen LogP) is 1.25. The van der Waals surface area contributed by atoms with Crippen LogP contribution in [-0.2, 0) is 10.0 Å². The van der Waals surface area contributed by atoms with Crippen molar-refractivity contribution < 1.29 is 31.5 Å². The normalized spacial score (nSPS) is 11.0. The number of carbonyl (C=O) groups excluding carboxylic acids is 1. The Morgan fingerprint density at radius 3 is 2.58 bits per heavy atom. The van der Waals surface area contributed by atoms with Crippen molar-refractivity contribution in [1.29, 1.82) is 0 Å². The van der Waals surface area contributed by atoms with E-state index in [1.54, 1.807) is 0 Å². The van der Waals surface area contributed by atoms with Crippen molar-refractivity contribution in [3.05, 3.63) is 41.6 Å². The molecule has 0 bridgehead atoms. The van der Waals surface area contributed by atoms with Crippen molar-refractivity contribution >= 4 is 15.9 Å². The molecule has 1 aromatic carbocycles. The third-order valence-corrected chi connectivity index (χ3v) is 3.12. The molecule has 0 fully saturated rings. The van der Waals surface area contributed by atoms with Crippen LogP contribution in [0.4, 0.5) is 8.78 Å². The highest BCUT2D eigenvalue weighted by molar-refractivity contribution is 7.89. The fourth-order valence-corrected chi connectivity index (χ4v) is 2.04. The molecule has 0 unspecified atom stereocenters. The van der Waals surface area contributed by atoms with Crippen molar-refractivity contribution in [2.24, 2.45) is 0 Å². The third-order valence-electron chi connectivity index (χ3n) is 2.56. The van der Waals surface area contributed by atoms with E-state index in [0.717, 1.165) is 0 Å². The Balaban J connectivity index is 2.31. The summed E-state index contributed by atoms with van der Waals surface area (Å²) < 4.78 is 61.2. The van der Waals surface area contributed by atoms with Gasteiger partial charge in [-0.3, -0.25) is 4.79 Å². The molecule has 0 aliphatic rings. The lowest BCUT2D eigenvalue weighted by atomic mass is 10.2. The molecule has 1 amide bonds. The average molecular weight is 359 g/mol. The quantitative estimate of drug-likeness (QED) is 0.856. The van der Waals surface area contributed by atoms with Crippen LogP contribution in [-0.4, -0.2) is 37.7 Å². The Morgan fingerprint density at radius 1 is 1.25 bits per heavy atom. The van der Waals surface area contributed by atoms with Gasteiger partial charge < -0.3 is 9.47 Å². The first-order valence-corrected chi connectivity index (χ1v) is 8.15. The molecule has 0 saturated carbocycles. The summed E-state index contributed by atoms with van der Waals surface area (Å²) in [7, 11) is -2.57. The highest BCUT2D eigenvalue weighted by Crippen LogP contribution is 2.26. The van der Waals surface area contributed by atoms with Gasteiger partial charge >= 0.3 is 6.01 Å². The van der Waals surface area contributed by atoms with Gasteiger partial charge in [-0.15, -0.1) is 0 Å². The summed E-state index contributed by atoms with van der Waals surface area (Å²) in [5, 5.41) is 0. The summed E-state index contributed by atoms with van der Waals surface area (Å²) in [4.78, 5) is 19.1. The molecular formula is C13H11F2N3O5S. The lowest BCUT2D eigenvalue weighted by molar-refractivity contribution is 0.0977. The zero-order valence-corrected chi connectivity index (χ0v) is 13.2. The lowest BCUT2D eigenvalue weighted by Gasteiger charge is -2.09. The first kappa shape index (κ1) is 17.5. The van der Waals surface area contributed by atoms with Gasteiger partial charge in [0.05, 0.1) is 18.9 Å². The second kappa shape index (κ2) is 6.74. The molecule has 0 radical (unpaired) electrons. The molecule has 2 rings (SSSR count). The Kier molecular flexibility index (Phi) is 4.93. The molecule has 0 spiro atoms. The largest absolute Gasteiger partial charge is 0.481 e. The number of ether oxygens (including phenoxy) is 2. The Hall–Kier alpha value is -2.82. The van der Waals surface area contributed by atoms with Gasteiger partial charge in [0, 0.05) is 18.3 Å². The number of benzene rings is 1. The molecule has 128 valence electrons. The fourth-order valence-electron chi connectivity index (χ4n) is 1.59. The molecule has 0 saturated heterocycles. The van der Waals surface area contributed by atoms with Crippen molar-refractivity contribution in [1.82, 2.24) is 14.7 Å². The van der Waals surface area contributed by atoms with Gasteiger partial charge in [0.15, 0.2) is 11.6 Å². The maximum absolute atomic E-state index is 14.0. The van der Waals surface area contributed by atoms with Gasteiger partial charge in [-0.2, -0.15) is 4.98 Å². The summed E-state index contributed by atoms with van der Waals surface area (Å²) in [6.45, 7) is 0. The molecular weight excluding hydrogens is 348 g/mol. The number of carbonyl (C=O) groups is 1. The van der Waals surface area contributed by atoms with Crippen LogP contribution < -0.4 is 14.2 Å². The highest BCUT2D eigenvalue weighted by Gasteiger charge is 2.20. The number of methoxy groups -OCH3 is 1. The standard InChI is InChI=1S/C13H11F2N3O5S/c1-22-11-3-4-16-13(17-11)23-10-6-8(14)7(5-9(10)15)12(19)18-24(2,20)21/h3-6H,1-2H3,(H,18,19). The van der Waals surface area contributed by atoms with Crippen molar-refractivity contribution in [3.63, 3.8) is 0 Å². The molecule has 24 heavy (non-hydrogen) atoms. The van der Waals surface area contributed by atoms with Crippen LogP contribution in [0.2, 0.25) is 0 Å². The zero-order chi connectivity index (χ0) is 17.9. The minimum atomic E-state index is -3.92. The average Bonchev–Trinajstić information content (AvgIpc) is 2.49. The molecule has 1 N–H and O–H groups in total. The molecule has 0 aliphatic carbocycles. The van der Waals surface area contributed by atoms with Gasteiger partial charge in [0.25, 0.3) is 5.91 Å². The SMILES string of the molecule is COc1ccnc(Oc2cc(F)c(C(=O)NS(C)(=O)=O)cc2F)n1. The van der Waals surface area contributed by atoms with Crippen molar-refractivity contribution in [2.75, 3.05) is 13.4 Å². The van der Waals surface area contributed by atoms with Gasteiger partial charge in [0.2, 0.25) is 15.9 Å². The van der Waals surface area contributed by atoms with Crippen molar-refractivity contribution in [3.8, 4) is 17.6 Å². The Bertz CT molecular complexity index is 889. The fraction of sp³-hybridized carbons (Fsp3) is 0.154. The van der Waals surface area contributed by atoms with Crippen LogP contribution in [0.25, 0.3) is 0 Å². The summed E-state index contributed by atoms with van der Waals surface area (Å²) in [5.41, 5.74) is -0.795. The molecule has 2 aromatic rings. The van der Waals surface area contributed by atoms with Gasteiger partial charge in [0.1, 0.15) is 5.82 Å². The molecule has 1 heterocycles. The van der Waals surface area contributed by atoms with Gasteiger partial charge in [-0.1, -0.05) is 0 Å². The Morgan fingerprint density at radius 2 is 1.96 bits per heavy atom. The van der Waals surface area contributed by atoms with E-state index in [9.17, 15) is 22.0 Å². The van der Waals surface area contributed by atoms with Crippen LogP contribution in [0, 0.1) is 11.6 Å². The molecule has 0 aliphatic heterocycles. The zero-order valence-electron chi connectivity index (χ0n) is 12.4. The third kappa shape index (κ3) is 4.35. The van der Waals surface area contributed by atoms with Crippen LogP contribution >= 0.6 is 0 Å². The van der Waals surface area contributed by atoms with E-state index >= 15 is 0 Å². The smallest absolute Gasteiger partial charge is 0.325 e. The van der Waals surface area contributed by atoms with Gasteiger partial charge in [-0.25, -0.2) is 26.9 Å². The Labute approximate surface area is 135 Å². The monoisotopic (exact) mass is 359 g/mol. The lowest BCUT2D eigenvalue weighted by Crippen LogP contribution is -2.30. The van der Waals surface area contributed by atoms with Crippen LogP contribution in [0.15, 0.2) is 24.4 Å². The van der Waals surface area contributed by atoms with E-state index in [1.807, 2.05) is 0 Å². The maximum Gasteiger partial charge on any atom is 0.325 e. The number of hydrogen-bond acceptors (Lipinski definition) is 7. The highest BCUT2D eigenvalue weighted by atomic mass is 32.2. The summed E-state index contributed by atoms with van der Waals surface area (Å²) in [6.07, 6.45) is 1.99. The van der Waals surface area contributed by atoms with Crippen LogP contribution in [0.3, 0.4) is 0 Å². The van der Waals surface area contributed by atoms with E-state index < -0.39 is 38.9 Å². The minimum absolute atomic E-state index is 0.144. The number of nitrogens with zero attached hydrogens (tertiary/aromatic N) is 2. The summed E-state index contributed by atoms with van der Waals surface area (Å²) in [5.74, 6) is -4.04. The van der Waals surface area contributed by atoms with Crippen LogP contribution in [0.1, 0.15) is 10.4 Å². The van der Waals surface area contributed by atoms with E-state index in [2.05, 4.69) is 9.97 Å². The number of halogens is 2. The van der Waals surface area contributed by atoms with Crippen molar-refractivity contribution in [2.45, 2.75) is 0 Å². The van der Waals surface area contributed by atoms with E-state index in [0.29, 0.717) is 18.4 Å². The number of hydrogen-bond donors (Lipinski definition) is 1. The van der Waals surface area contributed by atoms with Gasteiger partial charge in [-0.05, 0) is 6.07 Å². The number of sulfonamides is 1. The number of amides is 1. The van der Waals surface area contributed by atoms with E-state index in [4.69, 9.17) is 9.47 Å². The molecule has 1 aromatic heterocycles. The van der Waals surface area contributed by atoms with Crippen LogP contribution in [0.5, 0.6) is 17.6 Å². The number of rotatable bonds is 5. The predicted molar refractivity (Wildman–Crippen MR) is 77.3 cm³/mol.